The summed E-state index contributed by atoms with van der Waals surface area (Å²) >= 11 is 12.0. The molecule has 0 saturated carbocycles. The van der Waals surface area contributed by atoms with Crippen molar-refractivity contribution in [1.82, 2.24) is 4.98 Å². The summed E-state index contributed by atoms with van der Waals surface area (Å²) in [5.41, 5.74) is 2.20. The molecule has 2 aromatic carbocycles. The number of carboxylic acids is 2. The third-order valence-electron chi connectivity index (χ3n) is 3.88. The predicted molar refractivity (Wildman–Crippen MR) is 100 cm³/mol. The van der Waals surface area contributed by atoms with E-state index < -0.39 is 11.9 Å². The van der Waals surface area contributed by atoms with Crippen LogP contribution in [0.2, 0.25) is 10.0 Å². The zero-order valence-corrected chi connectivity index (χ0v) is 14.9. The second-order valence-electron chi connectivity index (χ2n) is 5.76. The van der Waals surface area contributed by atoms with E-state index >= 15 is 0 Å². The summed E-state index contributed by atoms with van der Waals surface area (Å²) in [6, 6.07) is 11.9. The maximum atomic E-state index is 11.3. The molecule has 26 heavy (non-hydrogen) atoms. The highest BCUT2D eigenvalue weighted by atomic mass is 35.5. The van der Waals surface area contributed by atoms with Crippen LogP contribution in [-0.4, -0.2) is 33.7 Å². The molecule has 134 valence electrons. The van der Waals surface area contributed by atoms with Gasteiger partial charge in [0.1, 0.15) is 12.2 Å². The Labute approximate surface area is 158 Å². The highest BCUT2D eigenvalue weighted by Crippen LogP contribution is 2.27. The smallest absolute Gasteiger partial charge is 0.352 e. The SMILES string of the molecule is O=C(O)CN(Cc1ccc(Cl)c(Cl)c1)c1ccc2[nH]c(C(=O)O)cc2c1. The van der Waals surface area contributed by atoms with Crippen LogP contribution in [0, 0.1) is 0 Å². The number of aliphatic carboxylic acids is 1. The average Bonchev–Trinajstić information content (AvgIpc) is 3.00. The van der Waals surface area contributed by atoms with Crippen LogP contribution in [-0.2, 0) is 11.3 Å². The van der Waals surface area contributed by atoms with E-state index in [1.54, 1.807) is 41.3 Å². The van der Waals surface area contributed by atoms with Gasteiger partial charge in [-0.25, -0.2) is 4.79 Å². The minimum absolute atomic E-state index is 0.0754. The molecule has 0 amide bonds. The van der Waals surface area contributed by atoms with Gasteiger partial charge >= 0.3 is 11.9 Å². The second-order valence-corrected chi connectivity index (χ2v) is 6.57. The highest BCUT2D eigenvalue weighted by Gasteiger charge is 2.14. The van der Waals surface area contributed by atoms with Crippen LogP contribution < -0.4 is 4.90 Å². The summed E-state index contributed by atoms with van der Waals surface area (Å²) in [5.74, 6) is -2.04. The van der Waals surface area contributed by atoms with Gasteiger partial charge in [0, 0.05) is 23.1 Å². The minimum Gasteiger partial charge on any atom is -0.480 e. The minimum atomic E-state index is -1.05. The largest absolute Gasteiger partial charge is 0.480 e. The maximum absolute atomic E-state index is 11.3. The van der Waals surface area contributed by atoms with Gasteiger partial charge in [0.05, 0.1) is 10.0 Å². The molecule has 1 heterocycles. The zero-order chi connectivity index (χ0) is 18.8. The van der Waals surface area contributed by atoms with E-state index in [1.807, 2.05) is 0 Å². The van der Waals surface area contributed by atoms with E-state index in [2.05, 4.69) is 4.98 Å². The molecule has 0 atom stereocenters. The van der Waals surface area contributed by atoms with Gasteiger partial charge in [0.25, 0.3) is 0 Å². The van der Waals surface area contributed by atoms with Gasteiger partial charge in [0.15, 0.2) is 0 Å². The molecule has 0 spiro atoms. The summed E-state index contributed by atoms with van der Waals surface area (Å²) < 4.78 is 0. The normalized spacial score (nSPS) is 10.8. The molecule has 0 saturated heterocycles. The zero-order valence-electron chi connectivity index (χ0n) is 13.4. The first-order valence-electron chi connectivity index (χ1n) is 7.60. The van der Waals surface area contributed by atoms with Crippen LogP contribution in [0.25, 0.3) is 10.9 Å². The number of nitrogens with one attached hydrogen (secondary N) is 1. The molecule has 6 nitrogen and oxygen atoms in total. The van der Waals surface area contributed by atoms with E-state index in [4.69, 9.17) is 28.3 Å². The van der Waals surface area contributed by atoms with Crippen molar-refractivity contribution in [2.45, 2.75) is 6.54 Å². The van der Waals surface area contributed by atoms with E-state index in [0.29, 0.717) is 33.2 Å². The molecule has 0 aliphatic carbocycles. The quantitative estimate of drug-likeness (QED) is 0.582. The first-order chi connectivity index (χ1) is 12.3. The van der Waals surface area contributed by atoms with Crippen LogP contribution >= 0.6 is 23.2 Å². The van der Waals surface area contributed by atoms with Gasteiger partial charge in [-0.15, -0.1) is 0 Å². The first-order valence-corrected chi connectivity index (χ1v) is 8.36. The summed E-state index contributed by atoms with van der Waals surface area (Å²) in [6.07, 6.45) is 0. The molecule has 1 aromatic heterocycles. The van der Waals surface area contributed by atoms with Gasteiger partial charge in [0.2, 0.25) is 0 Å². The Kier molecular flexibility index (Phi) is 5.06. The van der Waals surface area contributed by atoms with Crippen LogP contribution in [0.5, 0.6) is 0 Å². The Hall–Kier alpha value is -2.70. The van der Waals surface area contributed by atoms with Crippen molar-refractivity contribution in [2.24, 2.45) is 0 Å². The number of aromatic amines is 1. The monoisotopic (exact) mass is 392 g/mol. The van der Waals surface area contributed by atoms with Gasteiger partial charge < -0.3 is 20.1 Å². The lowest BCUT2D eigenvalue weighted by Gasteiger charge is -2.23. The van der Waals surface area contributed by atoms with Crippen molar-refractivity contribution in [2.75, 3.05) is 11.4 Å². The summed E-state index contributed by atoms with van der Waals surface area (Å²) in [5, 5.41) is 19.8. The Morgan fingerprint density at radius 3 is 2.42 bits per heavy atom. The standard InChI is InChI=1S/C18H14Cl2N2O4/c19-13-3-1-10(5-14(13)20)8-22(9-17(23)24)12-2-4-15-11(6-12)7-16(21-15)18(25)26/h1-7,21H,8-9H2,(H,23,24)(H,25,26). The number of rotatable bonds is 6. The summed E-state index contributed by atoms with van der Waals surface area (Å²) in [6.45, 7) is 0.0901. The molecule has 0 radical (unpaired) electrons. The third kappa shape index (κ3) is 3.92. The van der Waals surface area contributed by atoms with E-state index in [1.165, 1.54) is 6.07 Å². The van der Waals surface area contributed by atoms with Crippen LogP contribution in [0.4, 0.5) is 5.69 Å². The van der Waals surface area contributed by atoms with Gasteiger partial charge in [-0.1, -0.05) is 29.3 Å². The first kappa shape index (κ1) is 18.1. The number of benzene rings is 2. The summed E-state index contributed by atoms with van der Waals surface area (Å²) in [4.78, 5) is 26.8. The fraction of sp³-hybridized carbons (Fsp3) is 0.111. The van der Waals surface area contributed by atoms with Gasteiger partial charge in [-0.3, -0.25) is 4.79 Å². The van der Waals surface area contributed by atoms with Crippen molar-refractivity contribution in [1.29, 1.82) is 0 Å². The number of aromatic carboxylic acids is 1. The van der Waals surface area contributed by atoms with E-state index in [9.17, 15) is 14.7 Å². The average molecular weight is 393 g/mol. The number of aromatic nitrogens is 1. The predicted octanol–water partition coefficient (Wildman–Crippen LogP) is 4.26. The van der Waals surface area contributed by atoms with E-state index in [0.717, 1.165) is 5.56 Å². The van der Waals surface area contributed by atoms with Crippen molar-refractivity contribution >= 4 is 51.7 Å². The lowest BCUT2D eigenvalue weighted by molar-refractivity contribution is -0.135. The summed E-state index contributed by atoms with van der Waals surface area (Å²) in [7, 11) is 0. The molecule has 0 aliphatic rings. The van der Waals surface area contributed by atoms with Crippen molar-refractivity contribution in [3.05, 3.63) is 63.8 Å². The van der Waals surface area contributed by atoms with Gasteiger partial charge in [-0.2, -0.15) is 0 Å². The van der Waals surface area contributed by atoms with Gasteiger partial charge in [-0.05, 0) is 42.0 Å². The van der Waals surface area contributed by atoms with Crippen LogP contribution in [0.3, 0.4) is 0 Å². The number of nitrogens with zero attached hydrogens (tertiary/aromatic N) is 1. The number of carbonyl (C=O) groups is 2. The van der Waals surface area contributed by atoms with Crippen LogP contribution in [0.1, 0.15) is 16.1 Å². The van der Waals surface area contributed by atoms with Crippen molar-refractivity contribution < 1.29 is 19.8 Å². The fourth-order valence-electron chi connectivity index (χ4n) is 2.69. The maximum Gasteiger partial charge on any atom is 0.352 e. The molecule has 8 heteroatoms. The Morgan fingerprint density at radius 2 is 1.77 bits per heavy atom. The topological polar surface area (TPSA) is 93.6 Å². The molecule has 3 rings (SSSR count). The lowest BCUT2D eigenvalue weighted by atomic mass is 10.1. The number of carboxylic acid groups (broad SMARTS) is 2. The number of anilines is 1. The molecule has 3 N–H and O–H groups in total. The molecule has 3 aromatic rings. The number of hydrogen-bond donors (Lipinski definition) is 3. The van der Waals surface area contributed by atoms with Crippen molar-refractivity contribution in [3.8, 4) is 0 Å². The third-order valence-corrected chi connectivity index (χ3v) is 4.62. The lowest BCUT2D eigenvalue weighted by Crippen LogP contribution is -2.29. The molecule has 0 fully saturated rings. The Bertz CT molecular complexity index is 1000. The highest BCUT2D eigenvalue weighted by molar-refractivity contribution is 6.42. The number of fused-ring (bicyclic) bond motifs is 1. The molecule has 0 unspecified atom stereocenters. The fourth-order valence-corrected chi connectivity index (χ4v) is 3.01. The Balaban J connectivity index is 1.95. The Morgan fingerprint density at radius 1 is 1.00 bits per heavy atom. The number of H-pyrrole nitrogens is 1. The molecular formula is C18H14Cl2N2O4. The van der Waals surface area contributed by atoms with Crippen LogP contribution in [0.15, 0.2) is 42.5 Å². The van der Waals surface area contributed by atoms with E-state index in [-0.39, 0.29) is 12.2 Å². The number of hydrogen-bond acceptors (Lipinski definition) is 3. The second kappa shape index (κ2) is 7.27. The van der Waals surface area contributed by atoms with Crippen molar-refractivity contribution in [3.63, 3.8) is 0 Å². The number of halogens is 2. The molecular weight excluding hydrogens is 379 g/mol. The molecule has 0 bridgehead atoms. The molecule has 0 aliphatic heterocycles.